The first-order valence-corrected chi connectivity index (χ1v) is 8.64. The first-order valence-electron chi connectivity index (χ1n) is 8.64. The number of rotatable bonds is 4. The zero-order valence-corrected chi connectivity index (χ0v) is 14.4. The fourth-order valence-electron chi connectivity index (χ4n) is 3.87. The van der Waals surface area contributed by atoms with E-state index in [2.05, 4.69) is 5.32 Å². The van der Waals surface area contributed by atoms with Crippen LogP contribution in [-0.4, -0.2) is 61.2 Å². The third-order valence-electron chi connectivity index (χ3n) is 5.45. The molecule has 2 fully saturated rings. The Morgan fingerprint density at radius 3 is 2.68 bits per heavy atom. The fourth-order valence-corrected chi connectivity index (χ4v) is 3.87. The van der Waals surface area contributed by atoms with Gasteiger partial charge >= 0.3 is 6.18 Å². The molecule has 2 heterocycles. The van der Waals surface area contributed by atoms with E-state index in [9.17, 15) is 18.0 Å². The maximum Gasteiger partial charge on any atom is 0.404 e. The van der Waals surface area contributed by atoms with Crippen molar-refractivity contribution in [2.24, 2.45) is 5.41 Å². The molecule has 7 heteroatoms. The lowest BCUT2D eigenvalue weighted by molar-refractivity contribution is -0.224. The Kier molecular flexibility index (Phi) is 5.06. The Balaban J connectivity index is 1.77. The molecule has 2 aliphatic rings. The molecule has 1 aromatic carbocycles. The number of hydrogen-bond donors (Lipinski definition) is 1. The first kappa shape index (κ1) is 18.2. The number of hydrogen-bond acceptors (Lipinski definition) is 3. The van der Waals surface area contributed by atoms with Crippen LogP contribution in [0.2, 0.25) is 0 Å². The lowest BCUT2D eigenvalue weighted by Gasteiger charge is -2.36. The van der Waals surface area contributed by atoms with Crippen LogP contribution in [-0.2, 0) is 11.3 Å². The predicted molar refractivity (Wildman–Crippen MR) is 88.9 cm³/mol. The molecule has 138 valence electrons. The van der Waals surface area contributed by atoms with Gasteiger partial charge in [-0.25, -0.2) is 0 Å². The third kappa shape index (κ3) is 3.53. The Morgan fingerprint density at radius 2 is 2.08 bits per heavy atom. The molecule has 0 aromatic heterocycles. The van der Waals surface area contributed by atoms with Crippen molar-refractivity contribution < 1.29 is 18.0 Å². The van der Waals surface area contributed by atoms with Crippen molar-refractivity contribution in [1.82, 2.24) is 15.1 Å². The van der Waals surface area contributed by atoms with Crippen LogP contribution in [0.25, 0.3) is 0 Å². The number of likely N-dealkylation sites (tertiary alicyclic amines) is 1. The van der Waals surface area contributed by atoms with Crippen LogP contribution in [0.1, 0.15) is 18.4 Å². The molecule has 0 aliphatic carbocycles. The number of likely N-dealkylation sites (N-methyl/N-ethyl adjacent to an activating group) is 1. The third-order valence-corrected chi connectivity index (χ3v) is 5.45. The van der Waals surface area contributed by atoms with E-state index in [1.165, 1.54) is 11.9 Å². The van der Waals surface area contributed by atoms with Gasteiger partial charge in [0.05, 0.1) is 0 Å². The molecule has 2 saturated heterocycles. The summed E-state index contributed by atoms with van der Waals surface area (Å²) in [5, 5.41) is 3.11. The quantitative estimate of drug-likeness (QED) is 0.900. The summed E-state index contributed by atoms with van der Waals surface area (Å²) in [5.74, 6) is -0.788. The number of benzene rings is 1. The molecule has 3 rings (SSSR count). The van der Waals surface area contributed by atoms with Gasteiger partial charge in [-0.1, -0.05) is 30.3 Å². The zero-order valence-electron chi connectivity index (χ0n) is 14.4. The number of alkyl halides is 3. The van der Waals surface area contributed by atoms with E-state index in [1.54, 1.807) is 4.90 Å². The van der Waals surface area contributed by atoms with Gasteiger partial charge in [0.2, 0.25) is 5.91 Å². The molecular formula is C18H24F3N3O. The van der Waals surface area contributed by atoms with Crippen LogP contribution < -0.4 is 5.32 Å². The van der Waals surface area contributed by atoms with Gasteiger partial charge in [-0.2, -0.15) is 13.2 Å². The van der Waals surface area contributed by atoms with Crippen molar-refractivity contribution in [3.63, 3.8) is 0 Å². The smallest absolute Gasteiger partial charge is 0.341 e. The van der Waals surface area contributed by atoms with Crippen molar-refractivity contribution in [2.75, 3.05) is 33.2 Å². The minimum Gasteiger partial charge on any atom is -0.341 e. The van der Waals surface area contributed by atoms with Crippen molar-refractivity contribution in [3.05, 3.63) is 35.9 Å². The summed E-state index contributed by atoms with van der Waals surface area (Å²) in [7, 11) is 1.51. The van der Waals surface area contributed by atoms with Crippen molar-refractivity contribution in [1.29, 1.82) is 0 Å². The van der Waals surface area contributed by atoms with E-state index >= 15 is 0 Å². The topological polar surface area (TPSA) is 35.6 Å². The lowest BCUT2D eigenvalue weighted by atomic mass is 9.84. The molecule has 1 aromatic rings. The first-order chi connectivity index (χ1) is 11.8. The number of carbonyl (C=O) groups is 1. The lowest BCUT2D eigenvalue weighted by Crippen LogP contribution is -2.55. The monoisotopic (exact) mass is 355 g/mol. The second-order valence-corrected chi connectivity index (χ2v) is 7.09. The maximum absolute atomic E-state index is 13.9. The average Bonchev–Trinajstić information content (AvgIpc) is 3.24. The van der Waals surface area contributed by atoms with Gasteiger partial charge in [0.1, 0.15) is 0 Å². The summed E-state index contributed by atoms with van der Waals surface area (Å²) >= 11 is 0. The molecule has 1 N–H and O–H groups in total. The second-order valence-electron chi connectivity index (χ2n) is 7.09. The van der Waals surface area contributed by atoms with E-state index in [-0.39, 0.29) is 25.6 Å². The summed E-state index contributed by atoms with van der Waals surface area (Å²) < 4.78 is 41.8. The number of nitrogens with one attached hydrogen (secondary N) is 1. The summed E-state index contributed by atoms with van der Waals surface area (Å²) in [6, 6.07) is 9.25. The number of amides is 1. The fraction of sp³-hybridized carbons (Fsp3) is 0.611. The molecule has 0 bridgehead atoms. The van der Waals surface area contributed by atoms with E-state index in [0.717, 1.165) is 12.1 Å². The molecule has 2 unspecified atom stereocenters. The molecule has 0 saturated carbocycles. The Morgan fingerprint density at radius 1 is 1.36 bits per heavy atom. The predicted octanol–water partition coefficient (Wildman–Crippen LogP) is 2.26. The highest BCUT2D eigenvalue weighted by Gasteiger charge is 2.64. The largest absolute Gasteiger partial charge is 0.404 e. The van der Waals surface area contributed by atoms with Crippen LogP contribution >= 0.6 is 0 Å². The molecule has 0 radical (unpaired) electrons. The minimum absolute atomic E-state index is 0.158. The Hall–Kier alpha value is -1.60. The van der Waals surface area contributed by atoms with Gasteiger partial charge in [0.25, 0.3) is 0 Å². The molecular weight excluding hydrogens is 331 g/mol. The van der Waals surface area contributed by atoms with Crippen LogP contribution in [0.4, 0.5) is 13.2 Å². The van der Waals surface area contributed by atoms with Crippen molar-refractivity contribution >= 4 is 5.91 Å². The summed E-state index contributed by atoms with van der Waals surface area (Å²) in [6.45, 7) is 1.73. The van der Waals surface area contributed by atoms with Crippen molar-refractivity contribution in [3.8, 4) is 0 Å². The molecule has 0 spiro atoms. The van der Waals surface area contributed by atoms with Crippen LogP contribution in [0.5, 0.6) is 0 Å². The number of nitrogens with zero attached hydrogens (tertiary/aromatic N) is 2. The van der Waals surface area contributed by atoms with Gasteiger partial charge in [-0.05, 0) is 31.5 Å². The van der Waals surface area contributed by atoms with E-state index in [4.69, 9.17) is 0 Å². The van der Waals surface area contributed by atoms with Crippen LogP contribution in [0, 0.1) is 5.41 Å². The standard InChI is InChI=1S/C18H24F3N3O/c1-23(15-7-9-22-11-15)16(25)17(18(19,20)21)8-10-24(13-17)12-14-5-3-2-4-6-14/h2-6,15,22H,7-13H2,1H3. The highest BCUT2D eigenvalue weighted by Crippen LogP contribution is 2.47. The highest BCUT2D eigenvalue weighted by molar-refractivity contribution is 5.84. The second kappa shape index (κ2) is 6.96. The normalized spacial score (nSPS) is 27.6. The van der Waals surface area contributed by atoms with Gasteiger partial charge in [-0.15, -0.1) is 0 Å². The summed E-state index contributed by atoms with van der Waals surface area (Å²) in [6.07, 6.45) is -4.02. The molecule has 25 heavy (non-hydrogen) atoms. The molecule has 2 aliphatic heterocycles. The van der Waals surface area contributed by atoms with Gasteiger partial charge in [0, 0.05) is 32.7 Å². The Bertz CT molecular complexity index is 601. The minimum atomic E-state index is -4.55. The van der Waals surface area contributed by atoms with Crippen molar-refractivity contribution in [2.45, 2.75) is 31.6 Å². The van der Waals surface area contributed by atoms with Gasteiger partial charge < -0.3 is 10.2 Å². The number of halogens is 3. The summed E-state index contributed by atoms with van der Waals surface area (Å²) in [5.41, 5.74) is -1.33. The number of carbonyl (C=O) groups excluding carboxylic acids is 1. The maximum atomic E-state index is 13.9. The van der Waals surface area contributed by atoms with Gasteiger partial charge in [-0.3, -0.25) is 9.69 Å². The average molecular weight is 355 g/mol. The van der Waals surface area contributed by atoms with Crippen LogP contribution in [0.15, 0.2) is 30.3 Å². The van der Waals surface area contributed by atoms with Gasteiger partial charge in [0.15, 0.2) is 5.41 Å². The van der Waals surface area contributed by atoms with E-state index < -0.39 is 17.5 Å². The molecule has 4 nitrogen and oxygen atoms in total. The summed E-state index contributed by atoms with van der Waals surface area (Å²) in [4.78, 5) is 15.9. The van der Waals surface area contributed by atoms with E-state index in [0.29, 0.717) is 19.5 Å². The Labute approximate surface area is 146 Å². The SMILES string of the molecule is CN(C(=O)C1(C(F)(F)F)CCN(Cc2ccccc2)C1)C1CCNC1. The molecule has 2 atom stereocenters. The van der Waals surface area contributed by atoms with E-state index in [1.807, 2.05) is 30.3 Å². The van der Waals surface area contributed by atoms with Crippen LogP contribution in [0.3, 0.4) is 0 Å². The highest BCUT2D eigenvalue weighted by atomic mass is 19.4. The zero-order chi connectivity index (χ0) is 18.1. The molecule has 1 amide bonds.